The first-order valence-corrected chi connectivity index (χ1v) is 11.4. The summed E-state index contributed by atoms with van der Waals surface area (Å²) in [5, 5.41) is 7.48. The Morgan fingerprint density at radius 2 is 1.64 bits per heavy atom. The van der Waals surface area contributed by atoms with Gasteiger partial charge in [-0.3, -0.25) is 9.78 Å². The molecule has 1 atom stereocenters. The van der Waals surface area contributed by atoms with Crippen molar-refractivity contribution in [2.75, 3.05) is 0 Å². The second kappa shape index (κ2) is 9.87. The van der Waals surface area contributed by atoms with Crippen molar-refractivity contribution in [3.8, 4) is 17.2 Å². The highest BCUT2D eigenvalue weighted by Crippen LogP contribution is 2.24. The van der Waals surface area contributed by atoms with Crippen LogP contribution in [0.5, 0.6) is 0 Å². The van der Waals surface area contributed by atoms with Crippen LogP contribution < -0.4 is 5.32 Å². The number of rotatable bonds is 6. The number of carbonyl (C=O) groups is 1. The number of nitrogens with one attached hydrogen (secondary N) is 1. The Bertz CT molecular complexity index is 1520. The van der Waals surface area contributed by atoms with Gasteiger partial charge < -0.3 is 5.32 Å². The molecule has 0 saturated heterocycles. The van der Waals surface area contributed by atoms with Gasteiger partial charge in [0.2, 0.25) is 0 Å². The summed E-state index contributed by atoms with van der Waals surface area (Å²) in [6, 6.07) is 19.4. The predicted molar refractivity (Wildman–Crippen MR) is 134 cm³/mol. The van der Waals surface area contributed by atoms with Crippen molar-refractivity contribution in [1.82, 2.24) is 30.0 Å². The predicted octanol–water partition coefficient (Wildman–Crippen LogP) is 5.00. The molecule has 178 valence electrons. The molecular weight excluding hydrogens is 455 g/mol. The van der Waals surface area contributed by atoms with Gasteiger partial charge in [0.05, 0.1) is 29.2 Å². The van der Waals surface area contributed by atoms with Crippen LogP contribution in [0, 0.1) is 19.7 Å². The molecule has 1 N–H and O–H groups in total. The number of halogens is 1. The van der Waals surface area contributed by atoms with Gasteiger partial charge in [0.1, 0.15) is 5.82 Å². The fraction of sp³-hybridized carbons (Fsp3) is 0.107. The Morgan fingerprint density at radius 3 is 2.39 bits per heavy atom. The van der Waals surface area contributed by atoms with E-state index >= 15 is 0 Å². The highest BCUT2D eigenvalue weighted by atomic mass is 19.1. The van der Waals surface area contributed by atoms with E-state index in [0.717, 1.165) is 16.7 Å². The van der Waals surface area contributed by atoms with Gasteiger partial charge in [0.15, 0.2) is 0 Å². The van der Waals surface area contributed by atoms with E-state index in [1.54, 1.807) is 49.8 Å². The third kappa shape index (κ3) is 4.61. The number of pyridine rings is 1. The van der Waals surface area contributed by atoms with Gasteiger partial charge in [0.25, 0.3) is 11.9 Å². The van der Waals surface area contributed by atoms with Crippen LogP contribution in [0.4, 0.5) is 4.39 Å². The van der Waals surface area contributed by atoms with Crippen molar-refractivity contribution in [3.63, 3.8) is 0 Å². The molecule has 36 heavy (non-hydrogen) atoms. The molecule has 0 aliphatic rings. The summed E-state index contributed by atoms with van der Waals surface area (Å²) in [7, 11) is 0. The van der Waals surface area contributed by atoms with Crippen molar-refractivity contribution in [2.45, 2.75) is 19.9 Å². The Labute approximate surface area is 207 Å². The minimum atomic E-state index is -0.377. The molecule has 3 heterocycles. The number of benzene rings is 2. The van der Waals surface area contributed by atoms with Crippen molar-refractivity contribution in [2.24, 2.45) is 0 Å². The Balaban J connectivity index is 1.45. The van der Waals surface area contributed by atoms with Gasteiger partial charge in [-0.05, 0) is 55.3 Å². The second-order valence-corrected chi connectivity index (χ2v) is 8.37. The van der Waals surface area contributed by atoms with Gasteiger partial charge in [-0.25, -0.2) is 19.0 Å². The summed E-state index contributed by atoms with van der Waals surface area (Å²) in [6.07, 6.45) is 6.43. The summed E-state index contributed by atoms with van der Waals surface area (Å²) >= 11 is 0. The minimum Gasteiger partial charge on any atom is -0.341 e. The smallest absolute Gasteiger partial charge is 0.255 e. The fourth-order valence-electron chi connectivity index (χ4n) is 3.99. The van der Waals surface area contributed by atoms with Gasteiger partial charge in [-0.2, -0.15) is 5.10 Å². The lowest BCUT2D eigenvalue weighted by atomic mass is 9.98. The molecule has 7 nitrogen and oxygen atoms in total. The number of amides is 1. The maximum atomic E-state index is 14.3. The summed E-state index contributed by atoms with van der Waals surface area (Å²) in [6.45, 7) is 3.79. The molecule has 0 saturated carbocycles. The van der Waals surface area contributed by atoms with Crippen LogP contribution in [-0.2, 0) is 0 Å². The topological polar surface area (TPSA) is 85.6 Å². The molecule has 1 amide bonds. The number of carbonyl (C=O) groups excluding carboxylic acids is 1. The van der Waals surface area contributed by atoms with E-state index < -0.39 is 0 Å². The van der Waals surface area contributed by atoms with Crippen molar-refractivity contribution in [3.05, 3.63) is 125 Å². The van der Waals surface area contributed by atoms with E-state index in [-0.39, 0.29) is 23.7 Å². The normalized spacial score (nSPS) is 11.8. The molecule has 8 heteroatoms. The number of hydrogen-bond acceptors (Lipinski definition) is 5. The summed E-state index contributed by atoms with van der Waals surface area (Å²) in [5.41, 5.74) is 4.74. The van der Waals surface area contributed by atoms with Gasteiger partial charge in [-0.1, -0.05) is 42.0 Å². The molecule has 0 spiro atoms. The summed E-state index contributed by atoms with van der Waals surface area (Å²) in [5.74, 6) is -0.416. The van der Waals surface area contributed by atoms with Crippen LogP contribution in [0.25, 0.3) is 17.2 Å². The number of aromatic nitrogens is 5. The van der Waals surface area contributed by atoms with Crippen LogP contribution in [0.2, 0.25) is 0 Å². The second-order valence-electron chi connectivity index (χ2n) is 8.37. The average Bonchev–Trinajstić information content (AvgIpc) is 3.30. The van der Waals surface area contributed by atoms with Crippen molar-refractivity contribution >= 4 is 5.91 Å². The zero-order valence-electron chi connectivity index (χ0n) is 19.8. The van der Waals surface area contributed by atoms with Crippen LogP contribution in [0.15, 0.2) is 91.5 Å². The van der Waals surface area contributed by atoms with Crippen LogP contribution in [-0.4, -0.2) is 30.6 Å². The summed E-state index contributed by atoms with van der Waals surface area (Å²) in [4.78, 5) is 26.3. The molecule has 5 rings (SSSR count). The van der Waals surface area contributed by atoms with E-state index in [9.17, 15) is 9.18 Å². The first-order valence-electron chi connectivity index (χ1n) is 11.4. The van der Waals surface area contributed by atoms with Crippen molar-refractivity contribution in [1.29, 1.82) is 0 Å². The molecule has 0 fully saturated rings. The first-order chi connectivity index (χ1) is 17.5. The van der Waals surface area contributed by atoms with Gasteiger partial charge in [-0.15, -0.1) is 0 Å². The van der Waals surface area contributed by atoms with Crippen LogP contribution >= 0.6 is 0 Å². The number of nitrogens with zero attached hydrogens (tertiary/aromatic N) is 5. The quantitative estimate of drug-likeness (QED) is 0.371. The van der Waals surface area contributed by atoms with Gasteiger partial charge >= 0.3 is 0 Å². The van der Waals surface area contributed by atoms with Crippen LogP contribution in [0.3, 0.4) is 0 Å². The molecule has 0 aliphatic heterocycles. The fourth-order valence-corrected chi connectivity index (χ4v) is 3.99. The summed E-state index contributed by atoms with van der Waals surface area (Å²) < 4.78 is 15.8. The van der Waals surface area contributed by atoms with E-state index in [1.165, 1.54) is 16.9 Å². The lowest BCUT2D eigenvalue weighted by molar-refractivity contribution is 0.0942. The lowest BCUT2D eigenvalue weighted by Gasteiger charge is -2.20. The third-order valence-electron chi connectivity index (χ3n) is 5.96. The highest BCUT2D eigenvalue weighted by Gasteiger charge is 2.22. The average molecular weight is 479 g/mol. The maximum Gasteiger partial charge on any atom is 0.255 e. The lowest BCUT2D eigenvalue weighted by Crippen LogP contribution is -2.29. The highest BCUT2D eigenvalue weighted by molar-refractivity contribution is 5.95. The molecule has 2 aromatic carbocycles. The Kier molecular flexibility index (Phi) is 6.32. The van der Waals surface area contributed by atoms with E-state index in [1.807, 2.05) is 43.3 Å². The largest absolute Gasteiger partial charge is 0.341 e. The Morgan fingerprint density at radius 1 is 0.917 bits per heavy atom. The number of hydrogen-bond donors (Lipinski definition) is 1. The maximum absolute atomic E-state index is 14.3. The molecule has 0 bridgehead atoms. The zero-order chi connectivity index (χ0) is 25.1. The van der Waals surface area contributed by atoms with E-state index in [4.69, 9.17) is 0 Å². The van der Waals surface area contributed by atoms with Crippen LogP contribution in [0.1, 0.15) is 38.8 Å². The third-order valence-corrected chi connectivity index (χ3v) is 5.96. The molecule has 3 aromatic heterocycles. The minimum absolute atomic E-state index is 0.247. The monoisotopic (exact) mass is 478 g/mol. The molecule has 5 aromatic rings. The molecular formula is C28H23FN6O. The SMILES string of the molecule is Cc1ccc([C@@H](NC(=O)c2cnn(-c3nccc(-c4ccccc4F)n3)c2C)c2ccncc2)cc1. The standard InChI is InChI=1S/C28H23FN6O/c1-18-7-9-20(10-8-18)26(21-11-14-30-15-12-21)34-27(36)23-17-32-35(19(23)2)28-31-16-13-25(33-28)22-5-3-4-6-24(22)29/h3-17,26H,1-2H3,(H,34,36)/t26-/m1/s1. The Hall–Kier alpha value is -4.72. The van der Waals surface area contributed by atoms with E-state index in [2.05, 4.69) is 25.4 Å². The molecule has 0 unspecified atom stereocenters. The van der Waals surface area contributed by atoms with Crippen molar-refractivity contribution < 1.29 is 9.18 Å². The zero-order valence-corrected chi connectivity index (χ0v) is 19.8. The molecule has 0 aliphatic carbocycles. The molecule has 0 radical (unpaired) electrons. The number of aryl methyl sites for hydroxylation is 1. The first kappa shape index (κ1) is 23.0. The van der Waals surface area contributed by atoms with E-state index in [0.29, 0.717) is 22.5 Å². The van der Waals surface area contributed by atoms with Gasteiger partial charge in [0, 0.05) is 24.2 Å².